The van der Waals surface area contributed by atoms with E-state index in [2.05, 4.69) is 15.3 Å². The first-order valence-corrected chi connectivity index (χ1v) is 9.30. The molecule has 27 heavy (non-hydrogen) atoms. The number of hydrogen-bond acceptors (Lipinski definition) is 8. The lowest BCUT2D eigenvalue weighted by Crippen LogP contribution is -2.55. The van der Waals surface area contributed by atoms with E-state index in [1.807, 2.05) is 12.1 Å². The molecule has 4 saturated carbocycles. The second-order valence-corrected chi connectivity index (χ2v) is 8.15. The third kappa shape index (κ3) is 3.14. The van der Waals surface area contributed by atoms with Crippen molar-refractivity contribution in [2.24, 2.45) is 17.8 Å². The number of nitrogens with one attached hydrogen (secondary N) is 1. The summed E-state index contributed by atoms with van der Waals surface area (Å²) in [6.07, 6.45) is 8.16. The lowest BCUT2D eigenvalue weighted by Gasteiger charge is -2.57. The molecule has 0 radical (unpaired) electrons. The van der Waals surface area contributed by atoms with E-state index < -0.39 is 4.92 Å². The Bertz CT molecular complexity index is 790. The van der Waals surface area contributed by atoms with Crippen LogP contribution in [0.3, 0.4) is 0 Å². The van der Waals surface area contributed by atoms with Crippen LogP contribution in [-0.2, 0) is 0 Å². The molecule has 0 aromatic carbocycles. The van der Waals surface area contributed by atoms with Gasteiger partial charge in [0.1, 0.15) is 19.4 Å². The highest BCUT2D eigenvalue weighted by atomic mass is 16.6. The van der Waals surface area contributed by atoms with E-state index in [4.69, 9.17) is 10.5 Å². The highest BCUT2D eigenvalue weighted by Gasteiger charge is 2.51. The third-order valence-corrected chi connectivity index (χ3v) is 6.23. The van der Waals surface area contributed by atoms with Gasteiger partial charge < -0.3 is 10.2 Å². The Morgan fingerprint density at radius 1 is 1.15 bits per heavy atom. The minimum absolute atomic E-state index is 0.0188. The maximum absolute atomic E-state index is 11.8. The van der Waals surface area contributed by atoms with Crippen LogP contribution in [0.15, 0.2) is 6.33 Å². The van der Waals surface area contributed by atoms with Crippen molar-refractivity contribution in [1.82, 2.24) is 9.97 Å². The van der Waals surface area contributed by atoms with Crippen molar-refractivity contribution in [3.63, 3.8) is 0 Å². The molecule has 1 N–H and O–H groups in total. The average molecular weight is 367 g/mol. The first-order chi connectivity index (χ1) is 13.0. The molecule has 0 amide bonds. The van der Waals surface area contributed by atoms with Gasteiger partial charge in [-0.3, -0.25) is 10.1 Å². The van der Waals surface area contributed by atoms with E-state index in [1.54, 1.807) is 0 Å². The van der Waals surface area contributed by atoms with Gasteiger partial charge in [0.25, 0.3) is 0 Å². The van der Waals surface area contributed by atoms with Gasteiger partial charge in [-0.2, -0.15) is 10.5 Å². The average Bonchev–Trinajstić information content (AvgIpc) is 2.59. The number of anilines is 2. The molecule has 4 aliphatic carbocycles. The second kappa shape index (κ2) is 6.66. The quantitative estimate of drug-likeness (QED) is 0.461. The maximum Gasteiger partial charge on any atom is 0.353 e. The van der Waals surface area contributed by atoms with Crippen LogP contribution >= 0.6 is 0 Å². The molecule has 1 aromatic rings. The molecule has 5 rings (SSSR count). The summed E-state index contributed by atoms with van der Waals surface area (Å²) in [7, 11) is 0. The molecule has 4 aliphatic rings. The minimum atomic E-state index is -0.514. The Morgan fingerprint density at radius 2 is 1.70 bits per heavy atom. The largest absolute Gasteiger partial charge is 0.359 e. The Hall–Kier alpha value is -2.94. The fraction of sp³-hybridized carbons (Fsp3) is 0.667. The van der Waals surface area contributed by atoms with Gasteiger partial charge >= 0.3 is 5.69 Å². The molecule has 0 atom stereocenters. The van der Waals surface area contributed by atoms with Gasteiger partial charge in [0.15, 0.2) is 0 Å². The van der Waals surface area contributed by atoms with Crippen LogP contribution < -0.4 is 10.2 Å². The summed E-state index contributed by atoms with van der Waals surface area (Å²) in [5.41, 5.74) is -0.390. The molecule has 9 nitrogen and oxygen atoms in total. The van der Waals surface area contributed by atoms with Gasteiger partial charge in [0, 0.05) is 5.54 Å². The van der Waals surface area contributed by atoms with Crippen molar-refractivity contribution >= 4 is 17.3 Å². The topological polar surface area (TPSA) is 132 Å². The smallest absolute Gasteiger partial charge is 0.353 e. The van der Waals surface area contributed by atoms with Crippen LogP contribution in [0.25, 0.3) is 0 Å². The predicted molar refractivity (Wildman–Crippen MR) is 96.7 cm³/mol. The van der Waals surface area contributed by atoms with Crippen LogP contribution in [0.4, 0.5) is 17.3 Å². The molecule has 0 saturated heterocycles. The Labute approximate surface area is 157 Å². The molecule has 0 spiro atoms. The standard InChI is InChI=1S/C18H21N7O2/c19-1-3-24(4-2-20)17-15(25(26)27)16(21-11-22-17)23-18-8-12-5-13(9-18)7-14(6-12)10-18/h11-14H,3-10H2,(H,21,22,23). The summed E-state index contributed by atoms with van der Waals surface area (Å²) >= 11 is 0. The van der Waals surface area contributed by atoms with Gasteiger partial charge in [-0.1, -0.05) is 0 Å². The van der Waals surface area contributed by atoms with E-state index in [-0.39, 0.29) is 36.0 Å². The van der Waals surface area contributed by atoms with Crippen LogP contribution in [0.2, 0.25) is 0 Å². The van der Waals surface area contributed by atoms with Crippen molar-refractivity contribution in [2.45, 2.75) is 44.1 Å². The molecule has 0 aliphatic heterocycles. The van der Waals surface area contributed by atoms with E-state index in [9.17, 15) is 10.1 Å². The van der Waals surface area contributed by atoms with Gasteiger partial charge in [0.05, 0.1) is 17.1 Å². The third-order valence-electron chi connectivity index (χ3n) is 6.23. The maximum atomic E-state index is 11.8. The Kier molecular flexibility index (Phi) is 4.31. The van der Waals surface area contributed by atoms with Crippen molar-refractivity contribution in [3.05, 3.63) is 16.4 Å². The monoisotopic (exact) mass is 367 g/mol. The molecule has 140 valence electrons. The zero-order valence-electron chi connectivity index (χ0n) is 15.0. The predicted octanol–water partition coefficient (Wildman–Crippen LogP) is 2.62. The summed E-state index contributed by atoms with van der Waals surface area (Å²) in [6.45, 7) is -0.301. The Morgan fingerprint density at radius 3 is 2.19 bits per heavy atom. The molecular formula is C18H21N7O2. The number of hydrogen-bond donors (Lipinski definition) is 1. The molecule has 4 bridgehead atoms. The van der Waals surface area contributed by atoms with Gasteiger partial charge in [0.2, 0.25) is 11.6 Å². The summed E-state index contributed by atoms with van der Waals surface area (Å²) in [5, 5.41) is 33.3. The summed E-state index contributed by atoms with van der Waals surface area (Å²) in [4.78, 5) is 20.8. The molecular weight excluding hydrogens is 346 g/mol. The van der Waals surface area contributed by atoms with Crippen molar-refractivity contribution in [2.75, 3.05) is 23.3 Å². The number of aromatic nitrogens is 2. The summed E-state index contributed by atoms with van der Waals surface area (Å²) < 4.78 is 0. The van der Waals surface area contributed by atoms with Crippen molar-refractivity contribution in [1.29, 1.82) is 10.5 Å². The van der Waals surface area contributed by atoms with Crippen molar-refractivity contribution in [3.8, 4) is 12.1 Å². The molecule has 4 fully saturated rings. The summed E-state index contributed by atoms with van der Waals surface area (Å²) in [5.74, 6) is 2.30. The lowest BCUT2D eigenvalue weighted by atomic mass is 9.53. The van der Waals surface area contributed by atoms with Gasteiger partial charge in [-0.15, -0.1) is 0 Å². The number of nitrogens with zero attached hydrogens (tertiary/aromatic N) is 6. The fourth-order valence-corrected chi connectivity index (χ4v) is 5.75. The zero-order chi connectivity index (χ0) is 19.0. The van der Waals surface area contributed by atoms with E-state index in [0.29, 0.717) is 17.8 Å². The fourth-order valence-electron chi connectivity index (χ4n) is 5.75. The number of nitro groups is 1. The van der Waals surface area contributed by atoms with E-state index in [1.165, 1.54) is 30.5 Å². The first-order valence-electron chi connectivity index (χ1n) is 9.30. The number of nitriles is 2. The van der Waals surface area contributed by atoms with Crippen LogP contribution in [0.1, 0.15) is 38.5 Å². The van der Waals surface area contributed by atoms with E-state index in [0.717, 1.165) is 19.3 Å². The summed E-state index contributed by atoms with van der Waals surface area (Å²) in [6, 6.07) is 3.87. The highest BCUT2D eigenvalue weighted by molar-refractivity contribution is 5.71. The molecule has 0 unspecified atom stereocenters. The number of rotatable bonds is 6. The van der Waals surface area contributed by atoms with Crippen LogP contribution in [0.5, 0.6) is 0 Å². The molecule has 1 heterocycles. The lowest BCUT2D eigenvalue weighted by molar-refractivity contribution is -0.383. The second-order valence-electron chi connectivity index (χ2n) is 8.15. The minimum Gasteiger partial charge on any atom is -0.359 e. The van der Waals surface area contributed by atoms with Gasteiger partial charge in [-0.25, -0.2) is 9.97 Å². The van der Waals surface area contributed by atoms with Gasteiger partial charge in [-0.05, 0) is 56.3 Å². The van der Waals surface area contributed by atoms with Crippen LogP contribution in [0, 0.1) is 50.5 Å². The highest BCUT2D eigenvalue weighted by Crippen LogP contribution is 2.57. The first kappa shape index (κ1) is 17.5. The Balaban J connectivity index is 1.69. The normalized spacial score (nSPS) is 30.4. The SMILES string of the molecule is N#CCN(CC#N)c1ncnc(NC23CC4CC(CC(C4)C2)C3)c1[N+](=O)[O-]. The molecule has 9 heteroatoms. The van der Waals surface area contributed by atoms with Crippen molar-refractivity contribution < 1.29 is 4.92 Å². The van der Waals surface area contributed by atoms with Crippen LogP contribution in [-0.4, -0.2) is 33.5 Å². The van der Waals surface area contributed by atoms with E-state index >= 15 is 0 Å². The zero-order valence-corrected chi connectivity index (χ0v) is 15.0. The molecule has 1 aromatic heterocycles.